The Hall–Kier alpha value is -2.15. The van der Waals surface area contributed by atoms with Crippen molar-refractivity contribution in [2.75, 3.05) is 0 Å². The summed E-state index contributed by atoms with van der Waals surface area (Å²) in [7, 11) is -2.96. The number of benzene rings is 3. The first kappa shape index (κ1) is 14.8. The molecule has 0 fully saturated rings. The maximum atomic E-state index is 14.0. The van der Waals surface area contributed by atoms with Crippen LogP contribution in [0, 0.1) is 0 Å². The molecule has 0 unspecified atom stereocenters. The fourth-order valence-corrected chi connectivity index (χ4v) is 5.39. The third kappa shape index (κ3) is 2.64. The Kier molecular flexibility index (Phi) is 4.24. The minimum Gasteiger partial charge on any atom is -0.317 e. The molecule has 1 atom stereocenters. The van der Waals surface area contributed by atoms with Crippen molar-refractivity contribution in [1.82, 2.24) is 0 Å². The van der Waals surface area contributed by atoms with Gasteiger partial charge in [0, 0.05) is 10.6 Å². The van der Waals surface area contributed by atoms with E-state index in [0.29, 0.717) is 0 Å². The maximum Gasteiger partial charge on any atom is 0.163 e. The van der Waals surface area contributed by atoms with Gasteiger partial charge in [0.25, 0.3) is 0 Å². The molecule has 0 spiro atoms. The van der Waals surface area contributed by atoms with E-state index < -0.39 is 12.9 Å². The summed E-state index contributed by atoms with van der Waals surface area (Å²) in [4.78, 5) is 0. The van der Waals surface area contributed by atoms with Gasteiger partial charge in [-0.15, -0.1) is 0 Å². The Balaban J connectivity index is 2.18. The predicted octanol–water partition coefficient (Wildman–Crippen LogP) is 3.66. The molecule has 3 rings (SSSR count). The van der Waals surface area contributed by atoms with Gasteiger partial charge in [-0.2, -0.15) is 0 Å². The van der Waals surface area contributed by atoms with Crippen LogP contribution in [-0.4, -0.2) is 0 Å². The van der Waals surface area contributed by atoms with Crippen LogP contribution >= 0.6 is 7.14 Å². The lowest BCUT2D eigenvalue weighted by molar-refractivity contribution is 0.579. The van der Waals surface area contributed by atoms with Gasteiger partial charge in [0.2, 0.25) is 0 Å². The van der Waals surface area contributed by atoms with E-state index in [0.717, 1.165) is 16.2 Å². The van der Waals surface area contributed by atoms with E-state index in [-0.39, 0.29) is 0 Å². The molecular weight excluding hydrogens is 289 g/mol. The van der Waals surface area contributed by atoms with Crippen LogP contribution in [0.3, 0.4) is 0 Å². The van der Waals surface area contributed by atoms with Crippen LogP contribution in [0.1, 0.15) is 11.3 Å². The van der Waals surface area contributed by atoms with E-state index in [1.807, 2.05) is 91.0 Å². The van der Waals surface area contributed by atoms with Crippen LogP contribution in [0.15, 0.2) is 91.0 Å². The molecule has 0 aliphatic rings. The smallest absolute Gasteiger partial charge is 0.163 e. The topological polar surface area (TPSA) is 43.1 Å². The molecule has 0 aromatic heterocycles. The summed E-state index contributed by atoms with van der Waals surface area (Å²) in [6, 6.07) is 28.7. The Morgan fingerprint density at radius 3 is 1.41 bits per heavy atom. The van der Waals surface area contributed by atoms with Gasteiger partial charge < -0.3 is 10.3 Å². The van der Waals surface area contributed by atoms with Gasteiger partial charge in [0.15, 0.2) is 7.14 Å². The van der Waals surface area contributed by atoms with E-state index >= 15 is 0 Å². The fourth-order valence-electron chi connectivity index (χ4n) is 2.63. The number of hydrogen-bond donors (Lipinski definition) is 1. The summed E-state index contributed by atoms with van der Waals surface area (Å²) >= 11 is 0. The highest BCUT2D eigenvalue weighted by atomic mass is 31.2. The van der Waals surface area contributed by atoms with Gasteiger partial charge in [-0.05, 0) is 5.56 Å². The fraction of sp³-hybridized carbons (Fsp3) is 0.0526. The van der Waals surface area contributed by atoms with Crippen LogP contribution in [0.5, 0.6) is 0 Å². The van der Waals surface area contributed by atoms with Crippen molar-refractivity contribution >= 4 is 17.8 Å². The Labute approximate surface area is 131 Å². The average molecular weight is 307 g/mol. The summed E-state index contributed by atoms with van der Waals surface area (Å²) < 4.78 is 14.0. The van der Waals surface area contributed by atoms with Gasteiger partial charge in [-0.1, -0.05) is 91.0 Å². The molecule has 2 N–H and O–H groups in total. The summed E-state index contributed by atoms with van der Waals surface area (Å²) in [5.41, 5.74) is 7.36. The van der Waals surface area contributed by atoms with Crippen molar-refractivity contribution in [2.45, 2.75) is 5.78 Å². The third-order valence-corrected chi connectivity index (χ3v) is 7.02. The second-order valence-corrected chi connectivity index (χ2v) is 8.09. The van der Waals surface area contributed by atoms with Crippen LogP contribution < -0.4 is 16.3 Å². The van der Waals surface area contributed by atoms with E-state index in [4.69, 9.17) is 5.73 Å². The van der Waals surface area contributed by atoms with Crippen molar-refractivity contribution in [1.29, 1.82) is 0 Å². The zero-order valence-corrected chi connectivity index (χ0v) is 13.1. The van der Waals surface area contributed by atoms with Crippen molar-refractivity contribution < 1.29 is 4.57 Å². The highest BCUT2D eigenvalue weighted by Gasteiger charge is 2.35. The molecule has 2 nitrogen and oxygen atoms in total. The van der Waals surface area contributed by atoms with E-state index in [9.17, 15) is 4.57 Å². The number of rotatable bonds is 4. The number of hydrogen-bond acceptors (Lipinski definition) is 2. The largest absolute Gasteiger partial charge is 0.317 e. The van der Waals surface area contributed by atoms with Crippen LogP contribution in [0.2, 0.25) is 0 Å². The molecule has 22 heavy (non-hydrogen) atoms. The van der Waals surface area contributed by atoms with E-state index in [1.165, 1.54) is 0 Å². The average Bonchev–Trinajstić information content (AvgIpc) is 2.62. The normalized spacial score (nSPS) is 12.8. The zero-order chi connectivity index (χ0) is 15.4. The second-order valence-electron chi connectivity index (χ2n) is 5.18. The molecule has 110 valence electrons. The highest BCUT2D eigenvalue weighted by Crippen LogP contribution is 2.54. The summed E-state index contributed by atoms with van der Waals surface area (Å²) in [6.07, 6.45) is 0. The Morgan fingerprint density at radius 2 is 1.00 bits per heavy atom. The Bertz CT molecular complexity index is 729. The molecule has 0 saturated heterocycles. The molecule has 0 radical (unpaired) electrons. The lowest BCUT2D eigenvalue weighted by Gasteiger charge is -2.26. The van der Waals surface area contributed by atoms with Gasteiger partial charge in [0.05, 0.1) is 5.78 Å². The lowest BCUT2D eigenvalue weighted by Crippen LogP contribution is -2.26. The van der Waals surface area contributed by atoms with Gasteiger partial charge >= 0.3 is 0 Å². The quantitative estimate of drug-likeness (QED) is 0.748. The minimum absolute atomic E-state index is 0.557. The lowest BCUT2D eigenvalue weighted by atomic mass is 10.2. The van der Waals surface area contributed by atoms with Gasteiger partial charge in [-0.3, -0.25) is 0 Å². The molecule has 0 aliphatic carbocycles. The van der Waals surface area contributed by atoms with E-state index in [1.54, 1.807) is 0 Å². The molecule has 3 aromatic carbocycles. The third-order valence-electron chi connectivity index (χ3n) is 3.81. The van der Waals surface area contributed by atoms with Crippen LogP contribution in [0.25, 0.3) is 0 Å². The molecule has 0 bridgehead atoms. The first-order chi connectivity index (χ1) is 10.7. The van der Waals surface area contributed by atoms with Crippen molar-refractivity contribution in [3.05, 3.63) is 96.6 Å². The van der Waals surface area contributed by atoms with Crippen molar-refractivity contribution in [3.8, 4) is 0 Å². The molecular formula is C19H18NOP. The van der Waals surface area contributed by atoms with Crippen LogP contribution in [-0.2, 0) is 4.57 Å². The summed E-state index contributed by atoms with van der Waals surface area (Å²) in [5.74, 6) is -0.557. The van der Waals surface area contributed by atoms with E-state index in [2.05, 4.69) is 0 Å². The predicted molar refractivity (Wildman–Crippen MR) is 93.1 cm³/mol. The SMILES string of the molecule is N[C@H](c1ccccc1)P(=O)(c1ccccc1)c1ccccc1. The van der Waals surface area contributed by atoms with Crippen molar-refractivity contribution in [2.24, 2.45) is 5.73 Å². The molecule has 0 aliphatic heterocycles. The molecule has 0 amide bonds. The standard InChI is InChI=1S/C19H18NOP/c20-19(16-10-4-1-5-11-16)22(21,17-12-6-2-7-13-17)18-14-8-3-9-15-18/h1-15,19H,20H2/t19-/m0/s1. The molecule has 3 heteroatoms. The number of nitrogens with two attached hydrogens (primary N) is 1. The second kappa shape index (κ2) is 6.31. The molecule has 3 aromatic rings. The van der Waals surface area contributed by atoms with Crippen molar-refractivity contribution in [3.63, 3.8) is 0 Å². The summed E-state index contributed by atoms with van der Waals surface area (Å²) in [5, 5.41) is 1.58. The first-order valence-corrected chi connectivity index (χ1v) is 9.02. The molecule has 0 heterocycles. The van der Waals surface area contributed by atoms with Gasteiger partial charge in [0.1, 0.15) is 0 Å². The summed E-state index contributed by atoms with van der Waals surface area (Å²) in [6.45, 7) is 0. The van der Waals surface area contributed by atoms with Crippen LogP contribution in [0.4, 0.5) is 0 Å². The highest BCUT2D eigenvalue weighted by molar-refractivity contribution is 7.78. The molecule has 0 saturated carbocycles. The zero-order valence-electron chi connectivity index (χ0n) is 12.2. The monoisotopic (exact) mass is 307 g/mol. The van der Waals surface area contributed by atoms with Gasteiger partial charge in [-0.25, -0.2) is 0 Å². The maximum absolute atomic E-state index is 14.0. The first-order valence-electron chi connectivity index (χ1n) is 7.24. The Morgan fingerprint density at radius 1 is 0.636 bits per heavy atom. The minimum atomic E-state index is -2.96.